The molecule has 0 spiro atoms. The molecule has 134 valence electrons. The van der Waals surface area contributed by atoms with Crippen LogP contribution in [0, 0.1) is 0 Å². The molecule has 1 amide bonds. The highest BCUT2D eigenvalue weighted by atomic mass is 32.1. The maximum atomic E-state index is 12.1. The van der Waals surface area contributed by atoms with Gasteiger partial charge in [-0.25, -0.2) is 4.98 Å². The van der Waals surface area contributed by atoms with Crippen LogP contribution in [0.3, 0.4) is 0 Å². The number of amides is 1. The second-order valence-electron chi connectivity index (χ2n) is 5.69. The second-order valence-corrected chi connectivity index (χ2v) is 7.50. The van der Waals surface area contributed by atoms with Gasteiger partial charge in [-0.05, 0) is 17.0 Å². The summed E-state index contributed by atoms with van der Waals surface area (Å²) in [5, 5.41) is 4.73. The number of carbonyl (C=O) groups is 2. The Hall–Kier alpha value is -2.51. The van der Waals surface area contributed by atoms with Gasteiger partial charge in [-0.3, -0.25) is 9.59 Å². The fraction of sp³-hybridized carbons (Fsp3) is 0.211. The van der Waals surface area contributed by atoms with Crippen molar-refractivity contribution in [3.8, 4) is 9.88 Å². The lowest BCUT2D eigenvalue weighted by atomic mass is 10.2. The predicted molar refractivity (Wildman–Crippen MR) is 103 cm³/mol. The summed E-state index contributed by atoms with van der Waals surface area (Å²) in [6.45, 7) is 0.220. The molecule has 0 N–H and O–H groups in total. The average Bonchev–Trinajstić information content (AvgIpc) is 3.32. The first-order chi connectivity index (χ1) is 12.6. The molecule has 0 saturated heterocycles. The molecule has 0 atom stereocenters. The van der Waals surface area contributed by atoms with Gasteiger partial charge in [0.15, 0.2) is 6.61 Å². The van der Waals surface area contributed by atoms with Gasteiger partial charge in [-0.15, -0.1) is 22.7 Å². The van der Waals surface area contributed by atoms with Gasteiger partial charge in [-0.2, -0.15) is 0 Å². The number of ether oxygens (including phenoxy) is 1. The summed E-state index contributed by atoms with van der Waals surface area (Å²) in [6, 6.07) is 13.6. The van der Waals surface area contributed by atoms with Gasteiger partial charge in [0.1, 0.15) is 5.01 Å². The molecule has 5 nitrogen and oxygen atoms in total. The summed E-state index contributed by atoms with van der Waals surface area (Å²) in [5.74, 6) is -0.686. The Labute approximate surface area is 159 Å². The number of likely N-dealkylation sites (N-methyl/N-ethyl adjacent to an activating group) is 1. The van der Waals surface area contributed by atoms with Gasteiger partial charge in [0.05, 0.1) is 17.0 Å². The smallest absolute Gasteiger partial charge is 0.312 e. The predicted octanol–water partition coefficient (Wildman–Crippen LogP) is 3.62. The fourth-order valence-electron chi connectivity index (χ4n) is 2.30. The van der Waals surface area contributed by atoms with Crippen LogP contribution in [0.5, 0.6) is 0 Å². The van der Waals surface area contributed by atoms with Crippen LogP contribution >= 0.6 is 22.7 Å². The minimum absolute atomic E-state index is 0.0670. The molecule has 0 fully saturated rings. The van der Waals surface area contributed by atoms with E-state index >= 15 is 0 Å². The van der Waals surface area contributed by atoms with Crippen molar-refractivity contribution >= 4 is 34.6 Å². The van der Waals surface area contributed by atoms with Crippen LogP contribution in [0.25, 0.3) is 9.88 Å². The number of carbonyl (C=O) groups excluding carboxylic acids is 2. The number of hydrogen-bond acceptors (Lipinski definition) is 6. The van der Waals surface area contributed by atoms with Gasteiger partial charge in [0.2, 0.25) is 0 Å². The van der Waals surface area contributed by atoms with Gasteiger partial charge < -0.3 is 9.64 Å². The van der Waals surface area contributed by atoms with Crippen molar-refractivity contribution in [2.75, 3.05) is 13.7 Å². The van der Waals surface area contributed by atoms with Crippen molar-refractivity contribution < 1.29 is 14.3 Å². The number of benzene rings is 1. The number of hydrogen-bond donors (Lipinski definition) is 0. The topological polar surface area (TPSA) is 59.5 Å². The van der Waals surface area contributed by atoms with E-state index in [4.69, 9.17) is 4.74 Å². The Kier molecular flexibility index (Phi) is 6.14. The highest BCUT2D eigenvalue weighted by molar-refractivity contribution is 7.20. The van der Waals surface area contributed by atoms with E-state index in [0.29, 0.717) is 12.2 Å². The fourth-order valence-corrected chi connectivity index (χ4v) is 3.93. The number of rotatable bonds is 7. The van der Waals surface area contributed by atoms with Crippen LogP contribution < -0.4 is 0 Å². The summed E-state index contributed by atoms with van der Waals surface area (Å²) in [5.41, 5.74) is 1.69. The van der Waals surface area contributed by atoms with Crippen LogP contribution in [-0.2, 0) is 27.3 Å². The van der Waals surface area contributed by atoms with E-state index in [1.807, 2.05) is 53.2 Å². The summed E-state index contributed by atoms with van der Waals surface area (Å²) < 4.78 is 5.10. The highest BCUT2D eigenvalue weighted by Gasteiger charge is 2.14. The molecular weight excluding hydrogens is 368 g/mol. The van der Waals surface area contributed by atoms with Crippen molar-refractivity contribution in [1.82, 2.24) is 9.88 Å². The monoisotopic (exact) mass is 386 g/mol. The number of thiophene rings is 1. The van der Waals surface area contributed by atoms with E-state index in [1.54, 1.807) is 23.3 Å². The molecule has 3 aromatic rings. The molecule has 1 aromatic carbocycles. The molecule has 0 unspecified atom stereocenters. The van der Waals surface area contributed by atoms with E-state index in [-0.39, 0.29) is 18.9 Å². The quantitative estimate of drug-likeness (QED) is 0.582. The minimum atomic E-state index is -0.450. The first-order valence-corrected chi connectivity index (χ1v) is 9.79. The second kappa shape index (κ2) is 8.73. The molecule has 0 saturated carbocycles. The highest BCUT2D eigenvalue weighted by Crippen LogP contribution is 2.27. The summed E-state index contributed by atoms with van der Waals surface area (Å²) in [6.07, 6.45) is 0.0670. The lowest BCUT2D eigenvalue weighted by molar-refractivity contribution is -0.151. The molecule has 0 radical (unpaired) electrons. The summed E-state index contributed by atoms with van der Waals surface area (Å²) in [4.78, 5) is 31.1. The number of nitrogens with zero attached hydrogens (tertiary/aromatic N) is 2. The molecule has 0 aliphatic rings. The van der Waals surface area contributed by atoms with Crippen molar-refractivity contribution in [3.05, 3.63) is 64.5 Å². The Morgan fingerprint density at radius 2 is 1.92 bits per heavy atom. The molecule has 26 heavy (non-hydrogen) atoms. The molecule has 0 aliphatic carbocycles. The van der Waals surface area contributed by atoms with Crippen LogP contribution in [0.2, 0.25) is 0 Å². The number of aromatic nitrogens is 1. The third kappa shape index (κ3) is 5.00. The van der Waals surface area contributed by atoms with Crippen molar-refractivity contribution in [2.45, 2.75) is 13.0 Å². The van der Waals surface area contributed by atoms with E-state index in [9.17, 15) is 9.59 Å². The average molecular weight is 386 g/mol. The lowest BCUT2D eigenvalue weighted by Gasteiger charge is -2.17. The zero-order valence-electron chi connectivity index (χ0n) is 14.3. The maximum absolute atomic E-state index is 12.1. The van der Waals surface area contributed by atoms with Crippen LogP contribution in [-0.4, -0.2) is 35.4 Å². The Morgan fingerprint density at radius 1 is 1.12 bits per heavy atom. The lowest BCUT2D eigenvalue weighted by Crippen LogP contribution is -2.31. The SMILES string of the molecule is CN(Cc1ccccc1)C(=O)COC(=O)Cc1csc(-c2cccs2)n1. The van der Waals surface area contributed by atoms with Gasteiger partial charge >= 0.3 is 5.97 Å². The number of thiazole rings is 1. The third-order valence-electron chi connectivity index (χ3n) is 3.65. The van der Waals surface area contributed by atoms with E-state index in [1.165, 1.54) is 11.3 Å². The Morgan fingerprint density at radius 3 is 2.65 bits per heavy atom. The normalized spacial score (nSPS) is 10.5. The molecule has 2 aromatic heterocycles. The van der Waals surface area contributed by atoms with Crippen molar-refractivity contribution in [1.29, 1.82) is 0 Å². The Bertz CT molecular complexity index is 860. The molecule has 0 bridgehead atoms. The summed E-state index contributed by atoms with van der Waals surface area (Å²) in [7, 11) is 1.69. The van der Waals surface area contributed by atoms with Gasteiger partial charge in [-0.1, -0.05) is 36.4 Å². The standard InChI is InChI=1S/C19H18N2O3S2/c1-21(11-14-6-3-2-4-7-14)17(22)12-24-18(23)10-15-13-26-19(20-15)16-8-5-9-25-16/h2-9,13H,10-12H2,1H3. The molecule has 0 aliphatic heterocycles. The first kappa shape index (κ1) is 18.3. The molecule has 3 rings (SSSR count). The zero-order chi connectivity index (χ0) is 18.4. The van der Waals surface area contributed by atoms with Crippen molar-refractivity contribution in [3.63, 3.8) is 0 Å². The van der Waals surface area contributed by atoms with E-state index < -0.39 is 5.97 Å². The largest absolute Gasteiger partial charge is 0.455 e. The Balaban J connectivity index is 1.45. The maximum Gasteiger partial charge on any atom is 0.312 e. The van der Waals surface area contributed by atoms with Crippen LogP contribution in [0.4, 0.5) is 0 Å². The molecule has 7 heteroatoms. The van der Waals surface area contributed by atoms with E-state index in [2.05, 4.69) is 4.98 Å². The minimum Gasteiger partial charge on any atom is -0.455 e. The molecule has 2 heterocycles. The van der Waals surface area contributed by atoms with Crippen LogP contribution in [0.1, 0.15) is 11.3 Å². The number of esters is 1. The van der Waals surface area contributed by atoms with Crippen LogP contribution in [0.15, 0.2) is 53.2 Å². The van der Waals surface area contributed by atoms with Gasteiger partial charge in [0, 0.05) is 19.0 Å². The third-order valence-corrected chi connectivity index (χ3v) is 5.58. The molecular formula is C19H18N2O3S2. The van der Waals surface area contributed by atoms with Crippen molar-refractivity contribution in [2.24, 2.45) is 0 Å². The zero-order valence-corrected chi connectivity index (χ0v) is 15.9. The van der Waals surface area contributed by atoms with Gasteiger partial charge in [0.25, 0.3) is 5.91 Å². The van der Waals surface area contributed by atoms with E-state index in [0.717, 1.165) is 15.4 Å². The summed E-state index contributed by atoms with van der Waals surface area (Å²) >= 11 is 3.10. The first-order valence-electron chi connectivity index (χ1n) is 8.03.